The van der Waals surface area contributed by atoms with Crippen molar-refractivity contribution >= 4 is 11.8 Å². The van der Waals surface area contributed by atoms with Crippen molar-refractivity contribution in [3.8, 4) is 0 Å². The van der Waals surface area contributed by atoms with Crippen molar-refractivity contribution in [3.05, 3.63) is 0 Å². The van der Waals surface area contributed by atoms with Gasteiger partial charge in [-0.05, 0) is 115 Å². The van der Waals surface area contributed by atoms with E-state index in [1.807, 2.05) is 6.92 Å². The summed E-state index contributed by atoms with van der Waals surface area (Å²) < 4.78 is 0. The van der Waals surface area contributed by atoms with E-state index < -0.39 is 17.5 Å². The molecule has 5 fully saturated rings. The number of aliphatic hydroxyl groups excluding tert-OH is 1. The van der Waals surface area contributed by atoms with Crippen LogP contribution in [0.4, 0.5) is 0 Å². The molecule has 11 atom stereocenters. The summed E-state index contributed by atoms with van der Waals surface area (Å²) in [7, 11) is 0. The average Bonchev–Trinajstić information content (AvgIpc) is 2.77. The van der Waals surface area contributed by atoms with E-state index in [9.17, 15) is 19.8 Å². The van der Waals surface area contributed by atoms with Gasteiger partial charge in [-0.15, -0.1) is 0 Å². The van der Waals surface area contributed by atoms with Crippen molar-refractivity contribution in [2.75, 3.05) is 0 Å². The molecule has 34 heavy (non-hydrogen) atoms. The standard InChI is InChI=1S/C30H48O4/c1-18-23(32)19(31)16-21-27(18,4)9-8-20-28(21,5)13-15-30(7)22-17-26(3,24(33)34)11-10-25(22,2)12-14-29(20,30)6/h18,20-23,32H,8-17H2,1-7H3,(H,33,34)/t18-,20?,21?,22?,23-,25+,26+,27+,28+,29+,30-/m0/s1. The van der Waals surface area contributed by atoms with Gasteiger partial charge in [-0.1, -0.05) is 41.5 Å². The average molecular weight is 473 g/mol. The van der Waals surface area contributed by atoms with E-state index in [0.717, 1.165) is 38.5 Å². The van der Waals surface area contributed by atoms with Crippen LogP contribution in [0.1, 0.15) is 113 Å². The highest BCUT2D eigenvalue weighted by atomic mass is 16.4. The maximum absolute atomic E-state index is 12.9. The summed E-state index contributed by atoms with van der Waals surface area (Å²) in [5.41, 5.74) is 0.0180. The Labute approximate surface area is 206 Å². The largest absolute Gasteiger partial charge is 0.481 e. The Hall–Kier alpha value is -0.900. The summed E-state index contributed by atoms with van der Waals surface area (Å²) in [4.78, 5) is 25.2. The second-order valence-corrected chi connectivity index (χ2v) is 15.2. The van der Waals surface area contributed by atoms with Gasteiger partial charge >= 0.3 is 5.97 Å². The molecular weight excluding hydrogens is 424 g/mol. The first-order valence-electron chi connectivity index (χ1n) is 14.0. The quantitative estimate of drug-likeness (QED) is 0.457. The van der Waals surface area contributed by atoms with Gasteiger partial charge in [0.25, 0.3) is 0 Å². The Balaban J connectivity index is 1.55. The van der Waals surface area contributed by atoms with E-state index >= 15 is 0 Å². The SMILES string of the molecule is C[C@H]1[C@H](O)C(=O)CC2[C@]3(C)CC[C@@]4(C)C5C[C@](C)(C(=O)O)CC[C@]5(C)CC[C@]4(C)C3CC[C@@]21C. The second kappa shape index (κ2) is 7.11. The molecular formula is C30H48O4. The predicted molar refractivity (Wildman–Crippen MR) is 133 cm³/mol. The van der Waals surface area contributed by atoms with Crippen LogP contribution in [0, 0.1) is 56.2 Å². The van der Waals surface area contributed by atoms with Crippen LogP contribution in [-0.4, -0.2) is 28.1 Å². The minimum absolute atomic E-state index is 0.0125. The summed E-state index contributed by atoms with van der Waals surface area (Å²) in [5, 5.41) is 20.8. The first-order valence-corrected chi connectivity index (χ1v) is 14.0. The third-order valence-electron chi connectivity index (χ3n) is 14.1. The first kappa shape index (κ1) is 24.8. The fourth-order valence-electron chi connectivity index (χ4n) is 11.1. The monoisotopic (exact) mass is 472 g/mol. The smallest absolute Gasteiger partial charge is 0.309 e. The van der Waals surface area contributed by atoms with Crippen molar-refractivity contribution in [3.63, 3.8) is 0 Å². The maximum atomic E-state index is 12.9. The van der Waals surface area contributed by atoms with Gasteiger partial charge in [0.2, 0.25) is 0 Å². The minimum Gasteiger partial charge on any atom is -0.481 e. The highest BCUT2D eigenvalue weighted by molar-refractivity contribution is 5.84. The fourth-order valence-corrected chi connectivity index (χ4v) is 11.1. The minimum atomic E-state index is -0.808. The molecule has 0 amide bonds. The number of fused-ring (bicyclic) bond motifs is 7. The van der Waals surface area contributed by atoms with Crippen LogP contribution >= 0.6 is 0 Å². The molecule has 5 aliphatic rings. The molecule has 2 N–H and O–H groups in total. The lowest BCUT2D eigenvalue weighted by molar-refractivity contribution is -0.260. The van der Waals surface area contributed by atoms with Gasteiger partial charge in [-0.25, -0.2) is 0 Å². The van der Waals surface area contributed by atoms with Gasteiger partial charge in [-0.3, -0.25) is 9.59 Å². The summed E-state index contributed by atoms with van der Waals surface area (Å²) in [6, 6.07) is 0. The van der Waals surface area contributed by atoms with E-state index in [0.29, 0.717) is 24.2 Å². The molecule has 5 aliphatic carbocycles. The number of carbonyl (C=O) groups excluding carboxylic acids is 1. The molecule has 3 unspecified atom stereocenters. The summed E-state index contributed by atoms with van der Waals surface area (Å²) in [6.07, 6.45) is 9.27. The Morgan fingerprint density at radius 1 is 0.794 bits per heavy atom. The van der Waals surface area contributed by atoms with Gasteiger partial charge in [0.15, 0.2) is 5.78 Å². The van der Waals surface area contributed by atoms with Crippen LogP contribution < -0.4 is 0 Å². The van der Waals surface area contributed by atoms with Crippen LogP contribution in [0.25, 0.3) is 0 Å². The molecule has 5 rings (SSSR count). The molecule has 0 aromatic heterocycles. The highest BCUT2D eigenvalue weighted by Crippen LogP contribution is 2.78. The fraction of sp³-hybridized carbons (Fsp3) is 0.933. The van der Waals surface area contributed by atoms with Gasteiger partial charge < -0.3 is 10.2 Å². The van der Waals surface area contributed by atoms with Crippen molar-refractivity contribution < 1.29 is 19.8 Å². The Morgan fingerprint density at radius 2 is 1.38 bits per heavy atom. The number of carbonyl (C=O) groups is 2. The zero-order valence-electron chi connectivity index (χ0n) is 22.7. The van der Waals surface area contributed by atoms with Crippen LogP contribution in [-0.2, 0) is 9.59 Å². The molecule has 5 saturated carbocycles. The van der Waals surface area contributed by atoms with Crippen LogP contribution in [0.5, 0.6) is 0 Å². The molecule has 0 aliphatic heterocycles. The molecule has 0 heterocycles. The first-order chi connectivity index (χ1) is 15.6. The molecule has 192 valence electrons. The number of aliphatic carboxylic acids is 1. The van der Waals surface area contributed by atoms with E-state index in [2.05, 4.69) is 41.5 Å². The van der Waals surface area contributed by atoms with E-state index in [-0.39, 0.29) is 38.8 Å². The summed E-state index contributed by atoms with van der Waals surface area (Å²) in [6.45, 7) is 16.5. The lowest BCUT2D eigenvalue weighted by atomic mass is 9.30. The number of carboxylic acids is 1. The van der Waals surface area contributed by atoms with Gasteiger partial charge in [-0.2, -0.15) is 0 Å². The summed E-state index contributed by atoms with van der Waals surface area (Å²) >= 11 is 0. The van der Waals surface area contributed by atoms with Crippen molar-refractivity contribution in [1.82, 2.24) is 0 Å². The van der Waals surface area contributed by atoms with Crippen LogP contribution in [0.3, 0.4) is 0 Å². The topological polar surface area (TPSA) is 74.6 Å². The maximum Gasteiger partial charge on any atom is 0.309 e. The number of ketones is 1. The summed E-state index contributed by atoms with van der Waals surface area (Å²) in [5.74, 6) is 0.760. The third kappa shape index (κ3) is 2.81. The zero-order chi connectivity index (χ0) is 25.1. The number of hydrogen-bond donors (Lipinski definition) is 2. The predicted octanol–water partition coefficient (Wildman–Crippen LogP) is 6.49. The second-order valence-electron chi connectivity index (χ2n) is 15.2. The lowest BCUT2D eigenvalue weighted by Crippen LogP contribution is -2.68. The van der Waals surface area contributed by atoms with Crippen molar-refractivity contribution in [2.45, 2.75) is 119 Å². The van der Waals surface area contributed by atoms with E-state index in [4.69, 9.17) is 0 Å². The molecule has 4 nitrogen and oxygen atoms in total. The van der Waals surface area contributed by atoms with Crippen LogP contribution in [0.2, 0.25) is 0 Å². The normalized spacial score (nSPS) is 59.3. The molecule has 0 spiro atoms. The van der Waals surface area contributed by atoms with Gasteiger partial charge in [0, 0.05) is 6.42 Å². The molecule has 0 aromatic carbocycles. The van der Waals surface area contributed by atoms with Crippen molar-refractivity contribution in [1.29, 1.82) is 0 Å². The molecule has 0 aromatic rings. The third-order valence-corrected chi connectivity index (χ3v) is 14.1. The Bertz CT molecular complexity index is 913. The number of hydrogen-bond acceptors (Lipinski definition) is 3. The zero-order valence-corrected chi connectivity index (χ0v) is 22.7. The molecule has 0 radical (unpaired) electrons. The lowest BCUT2D eigenvalue weighted by Gasteiger charge is -2.74. The Morgan fingerprint density at radius 3 is 2.03 bits per heavy atom. The van der Waals surface area contributed by atoms with E-state index in [1.165, 1.54) is 19.3 Å². The molecule has 4 heteroatoms. The molecule has 0 bridgehead atoms. The number of Topliss-reactive ketones (excluding diaryl/α,β-unsaturated/α-hetero) is 1. The Kier molecular flexibility index (Phi) is 5.18. The van der Waals surface area contributed by atoms with Crippen molar-refractivity contribution in [2.24, 2.45) is 56.2 Å². The van der Waals surface area contributed by atoms with E-state index in [1.54, 1.807) is 0 Å². The van der Waals surface area contributed by atoms with Crippen LogP contribution in [0.15, 0.2) is 0 Å². The number of aliphatic hydroxyl groups is 1. The molecule has 0 saturated heterocycles. The highest BCUT2D eigenvalue weighted by Gasteiger charge is 2.71. The number of carboxylic acid groups (broad SMARTS) is 1. The van der Waals surface area contributed by atoms with Gasteiger partial charge in [0.1, 0.15) is 6.10 Å². The number of rotatable bonds is 1. The van der Waals surface area contributed by atoms with Gasteiger partial charge in [0.05, 0.1) is 5.41 Å².